The molecule has 1 aromatic carbocycles. The first-order valence-corrected chi connectivity index (χ1v) is 6.99. The van der Waals surface area contributed by atoms with Crippen molar-refractivity contribution in [2.24, 2.45) is 0 Å². The van der Waals surface area contributed by atoms with Gasteiger partial charge in [0.05, 0.1) is 0 Å². The minimum Gasteiger partial charge on any atom is -0.444 e. The maximum Gasteiger partial charge on any atom is 0.410 e. The van der Waals surface area contributed by atoms with Crippen molar-refractivity contribution in [1.82, 2.24) is 4.90 Å². The van der Waals surface area contributed by atoms with Crippen molar-refractivity contribution >= 4 is 6.09 Å². The summed E-state index contributed by atoms with van der Waals surface area (Å²) in [5.41, 5.74) is 0.861. The second kappa shape index (κ2) is 5.64. The van der Waals surface area contributed by atoms with E-state index in [-0.39, 0.29) is 12.1 Å². The third kappa shape index (κ3) is 3.98. The number of hydrogen-bond acceptors (Lipinski definition) is 2. The van der Waals surface area contributed by atoms with Crippen LogP contribution in [0.4, 0.5) is 4.79 Å². The molecule has 0 saturated carbocycles. The van der Waals surface area contributed by atoms with Crippen molar-refractivity contribution < 1.29 is 9.53 Å². The highest BCUT2D eigenvalue weighted by molar-refractivity contribution is 5.69. The van der Waals surface area contributed by atoms with E-state index in [1.165, 1.54) is 5.56 Å². The summed E-state index contributed by atoms with van der Waals surface area (Å²) in [4.78, 5) is 14.1. The number of nitrogens with zero attached hydrogens (tertiary/aromatic N) is 1. The molecule has 0 N–H and O–H groups in total. The highest BCUT2D eigenvalue weighted by Gasteiger charge is 2.31. The van der Waals surface area contributed by atoms with E-state index in [4.69, 9.17) is 4.74 Å². The first-order chi connectivity index (χ1) is 8.96. The molecule has 1 fully saturated rings. The monoisotopic (exact) mass is 261 g/mol. The van der Waals surface area contributed by atoms with Crippen molar-refractivity contribution in [3.05, 3.63) is 35.9 Å². The third-order valence-corrected chi connectivity index (χ3v) is 3.32. The second-order valence-corrected chi connectivity index (χ2v) is 6.16. The fraction of sp³-hybridized carbons (Fsp3) is 0.562. The number of carbonyl (C=O) groups is 1. The molecule has 3 nitrogen and oxygen atoms in total. The van der Waals surface area contributed by atoms with Crippen LogP contribution in [0.1, 0.15) is 39.2 Å². The average Bonchev–Trinajstić information content (AvgIpc) is 2.76. The van der Waals surface area contributed by atoms with E-state index in [2.05, 4.69) is 12.1 Å². The SMILES string of the molecule is CC(C)(C)OC(=O)N1CCC[C@H]1Cc1ccccc1. The van der Waals surface area contributed by atoms with Crippen LogP contribution in [0, 0.1) is 0 Å². The summed E-state index contributed by atoms with van der Waals surface area (Å²) < 4.78 is 5.48. The Hall–Kier alpha value is -1.51. The molecule has 0 radical (unpaired) electrons. The smallest absolute Gasteiger partial charge is 0.410 e. The van der Waals surface area contributed by atoms with Gasteiger partial charge >= 0.3 is 6.09 Å². The summed E-state index contributed by atoms with van der Waals surface area (Å²) >= 11 is 0. The number of amides is 1. The third-order valence-electron chi connectivity index (χ3n) is 3.32. The zero-order valence-electron chi connectivity index (χ0n) is 12.1. The molecule has 0 aliphatic carbocycles. The van der Waals surface area contributed by atoms with Crippen LogP contribution < -0.4 is 0 Å². The van der Waals surface area contributed by atoms with Gasteiger partial charge in [-0.25, -0.2) is 4.79 Å². The quantitative estimate of drug-likeness (QED) is 0.813. The molecule has 19 heavy (non-hydrogen) atoms. The molecular weight excluding hydrogens is 238 g/mol. The predicted octanol–water partition coefficient (Wildman–Crippen LogP) is 3.63. The van der Waals surface area contributed by atoms with Crippen LogP contribution in [-0.2, 0) is 11.2 Å². The molecule has 1 heterocycles. The van der Waals surface area contributed by atoms with Gasteiger partial charge in [0.1, 0.15) is 5.60 Å². The molecule has 104 valence electrons. The molecule has 1 aromatic rings. The van der Waals surface area contributed by atoms with Crippen molar-refractivity contribution in [2.45, 2.75) is 51.7 Å². The maximum absolute atomic E-state index is 12.2. The normalized spacial score (nSPS) is 19.5. The molecule has 2 rings (SSSR count). The van der Waals surface area contributed by atoms with Crippen LogP contribution in [0.15, 0.2) is 30.3 Å². The largest absolute Gasteiger partial charge is 0.444 e. The van der Waals surface area contributed by atoms with Crippen LogP contribution >= 0.6 is 0 Å². The minimum atomic E-state index is -0.420. The van der Waals surface area contributed by atoms with Gasteiger partial charge in [-0.3, -0.25) is 0 Å². The first kappa shape index (κ1) is 13.9. The summed E-state index contributed by atoms with van der Waals surface area (Å²) in [7, 11) is 0. The van der Waals surface area contributed by atoms with Gasteiger partial charge in [0.25, 0.3) is 0 Å². The zero-order chi connectivity index (χ0) is 13.9. The average molecular weight is 261 g/mol. The van der Waals surface area contributed by atoms with Crippen molar-refractivity contribution in [3.8, 4) is 0 Å². The lowest BCUT2D eigenvalue weighted by molar-refractivity contribution is 0.0227. The van der Waals surface area contributed by atoms with Crippen LogP contribution in [0.5, 0.6) is 0 Å². The van der Waals surface area contributed by atoms with Crippen molar-refractivity contribution in [3.63, 3.8) is 0 Å². The Labute approximate surface area is 115 Å². The van der Waals surface area contributed by atoms with Gasteiger partial charge in [-0.05, 0) is 45.6 Å². The lowest BCUT2D eigenvalue weighted by atomic mass is 10.0. The van der Waals surface area contributed by atoms with Gasteiger partial charge in [-0.15, -0.1) is 0 Å². The molecule has 0 unspecified atom stereocenters. The number of benzene rings is 1. The molecule has 0 spiro atoms. The summed E-state index contributed by atoms with van der Waals surface area (Å²) in [6, 6.07) is 10.6. The predicted molar refractivity (Wildman–Crippen MR) is 76.1 cm³/mol. The lowest BCUT2D eigenvalue weighted by Crippen LogP contribution is -2.40. The van der Waals surface area contributed by atoms with Gasteiger partial charge in [-0.2, -0.15) is 0 Å². The summed E-state index contributed by atoms with van der Waals surface area (Å²) in [6.07, 6.45) is 2.87. The molecule has 1 amide bonds. The number of rotatable bonds is 2. The lowest BCUT2D eigenvalue weighted by Gasteiger charge is -2.28. The van der Waals surface area contributed by atoms with E-state index < -0.39 is 5.60 Å². The van der Waals surface area contributed by atoms with E-state index in [0.29, 0.717) is 0 Å². The van der Waals surface area contributed by atoms with E-state index in [1.807, 2.05) is 43.9 Å². The molecular formula is C16H23NO2. The number of carbonyl (C=O) groups excluding carboxylic acids is 1. The van der Waals surface area contributed by atoms with E-state index in [1.54, 1.807) is 0 Å². The summed E-state index contributed by atoms with van der Waals surface area (Å²) in [5, 5.41) is 0. The highest BCUT2D eigenvalue weighted by Crippen LogP contribution is 2.23. The van der Waals surface area contributed by atoms with E-state index in [0.717, 1.165) is 25.8 Å². The number of ether oxygens (including phenoxy) is 1. The Kier molecular flexibility index (Phi) is 4.13. The van der Waals surface area contributed by atoms with Gasteiger partial charge in [0, 0.05) is 12.6 Å². The molecule has 1 aliphatic heterocycles. The topological polar surface area (TPSA) is 29.5 Å². The Morgan fingerprint density at radius 3 is 2.63 bits per heavy atom. The fourth-order valence-corrected chi connectivity index (χ4v) is 2.50. The van der Waals surface area contributed by atoms with Crippen LogP contribution in [-0.4, -0.2) is 29.2 Å². The van der Waals surface area contributed by atoms with Gasteiger partial charge in [0.2, 0.25) is 0 Å². The van der Waals surface area contributed by atoms with Gasteiger partial charge < -0.3 is 9.64 Å². The minimum absolute atomic E-state index is 0.175. The molecule has 0 bridgehead atoms. The highest BCUT2D eigenvalue weighted by atomic mass is 16.6. The van der Waals surface area contributed by atoms with Crippen LogP contribution in [0.2, 0.25) is 0 Å². The Bertz CT molecular complexity index is 422. The molecule has 1 atom stereocenters. The second-order valence-electron chi connectivity index (χ2n) is 6.16. The Morgan fingerprint density at radius 1 is 1.32 bits per heavy atom. The fourth-order valence-electron chi connectivity index (χ4n) is 2.50. The summed E-state index contributed by atoms with van der Waals surface area (Å²) in [6.45, 7) is 6.54. The van der Waals surface area contributed by atoms with Crippen molar-refractivity contribution in [1.29, 1.82) is 0 Å². The van der Waals surface area contributed by atoms with E-state index in [9.17, 15) is 4.79 Å². The standard InChI is InChI=1S/C16H23NO2/c1-16(2,3)19-15(18)17-11-7-10-14(17)12-13-8-5-4-6-9-13/h4-6,8-9,14H,7,10-12H2,1-3H3/t14-/m0/s1. The van der Waals surface area contributed by atoms with Gasteiger partial charge in [-0.1, -0.05) is 30.3 Å². The summed E-state index contributed by atoms with van der Waals surface area (Å²) in [5.74, 6) is 0. The van der Waals surface area contributed by atoms with Crippen LogP contribution in [0.3, 0.4) is 0 Å². The molecule has 1 aliphatic rings. The van der Waals surface area contributed by atoms with Crippen molar-refractivity contribution in [2.75, 3.05) is 6.54 Å². The van der Waals surface area contributed by atoms with Gasteiger partial charge in [0.15, 0.2) is 0 Å². The molecule has 3 heteroatoms. The Balaban J connectivity index is 1.99. The first-order valence-electron chi connectivity index (χ1n) is 6.99. The number of likely N-dealkylation sites (tertiary alicyclic amines) is 1. The molecule has 0 aromatic heterocycles. The number of hydrogen-bond donors (Lipinski definition) is 0. The van der Waals surface area contributed by atoms with E-state index >= 15 is 0 Å². The van der Waals surface area contributed by atoms with Crippen LogP contribution in [0.25, 0.3) is 0 Å². The maximum atomic E-state index is 12.2. The molecule has 1 saturated heterocycles. The Morgan fingerprint density at radius 2 is 2.00 bits per heavy atom. The zero-order valence-corrected chi connectivity index (χ0v) is 12.1.